The number of alkyl halides is 2. The van der Waals surface area contributed by atoms with Gasteiger partial charge in [0.25, 0.3) is 6.43 Å². The highest BCUT2D eigenvalue weighted by Crippen LogP contribution is 2.31. The molecule has 0 bridgehead atoms. The van der Waals surface area contributed by atoms with Crippen molar-refractivity contribution >= 4 is 27.7 Å². The summed E-state index contributed by atoms with van der Waals surface area (Å²) < 4.78 is 85.4. The quantitative estimate of drug-likeness (QED) is 0.420. The largest absolute Gasteiger partial charge is 0.462 e. The molecule has 9 nitrogen and oxygen atoms in total. The third-order valence-corrected chi connectivity index (χ3v) is 6.24. The Morgan fingerprint density at radius 3 is 2.46 bits per heavy atom. The molecule has 3 rings (SSSR count). The summed E-state index contributed by atoms with van der Waals surface area (Å²) in [5.41, 5.74) is -2.42. The molecule has 0 saturated carbocycles. The number of halogens is 4. The molecule has 1 saturated heterocycles. The highest BCUT2D eigenvalue weighted by molar-refractivity contribution is 7.89. The van der Waals surface area contributed by atoms with Gasteiger partial charge in [0, 0.05) is 18.7 Å². The predicted molar refractivity (Wildman–Crippen MR) is 113 cm³/mol. The molecule has 186 valence electrons. The SMILES string of the molecule is CCOC(=O)c1cc(C#N)c(N2CC(C(=O)NS(=O)(=O)Cc3c(F)cccc3F)C2)nc1C(F)F. The van der Waals surface area contributed by atoms with Gasteiger partial charge in [-0.2, -0.15) is 5.26 Å². The number of nitrogens with zero attached hydrogens (tertiary/aromatic N) is 3. The van der Waals surface area contributed by atoms with Crippen LogP contribution in [0.5, 0.6) is 0 Å². The highest BCUT2D eigenvalue weighted by atomic mass is 32.2. The first kappa shape index (κ1) is 25.9. The summed E-state index contributed by atoms with van der Waals surface area (Å²) in [5.74, 6) is -6.49. The Bertz CT molecular complexity index is 1290. The van der Waals surface area contributed by atoms with Gasteiger partial charge in [-0.05, 0) is 25.1 Å². The normalized spacial score (nSPS) is 13.8. The zero-order valence-electron chi connectivity index (χ0n) is 18.1. The number of benzene rings is 1. The van der Waals surface area contributed by atoms with Crippen LogP contribution in [-0.2, 0) is 25.3 Å². The molecule has 1 aliphatic rings. The maximum atomic E-state index is 13.7. The van der Waals surface area contributed by atoms with Crippen LogP contribution in [0.3, 0.4) is 0 Å². The number of carbonyl (C=O) groups is 2. The lowest BCUT2D eigenvalue weighted by Gasteiger charge is -2.39. The van der Waals surface area contributed by atoms with E-state index in [9.17, 15) is 40.8 Å². The van der Waals surface area contributed by atoms with Crippen LogP contribution in [0.15, 0.2) is 24.3 Å². The molecule has 1 N–H and O–H groups in total. The average Bonchev–Trinajstić information content (AvgIpc) is 2.74. The second kappa shape index (κ2) is 10.3. The number of aromatic nitrogens is 1. The smallest absolute Gasteiger partial charge is 0.340 e. The molecule has 0 spiro atoms. The number of rotatable bonds is 8. The predicted octanol–water partition coefficient (Wildman–Crippen LogP) is 2.43. The standard InChI is InChI=1S/C21H18F4N4O5S/c1-2-34-21(31)13-6-11(7-26)19(27-17(13)18(24)25)29-8-12(9-29)20(30)28-35(32,33)10-14-15(22)4-3-5-16(14)23/h3-6,12,18H,2,8-10H2,1H3,(H,28,30). The minimum atomic E-state index is -4.45. The Kier molecular flexibility index (Phi) is 7.59. The molecule has 0 atom stereocenters. The molecule has 1 aromatic carbocycles. The maximum absolute atomic E-state index is 13.7. The first-order valence-corrected chi connectivity index (χ1v) is 11.7. The topological polar surface area (TPSA) is 129 Å². The van der Waals surface area contributed by atoms with Crippen LogP contribution < -0.4 is 9.62 Å². The minimum absolute atomic E-state index is 0.0828. The summed E-state index contributed by atoms with van der Waals surface area (Å²) >= 11 is 0. The first-order valence-electron chi connectivity index (χ1n) is 10.1. The van der Waals surface area contributed by atoms with Crippen molar-refractivity contribution in [3.05, 3.63) is 58.3 Å². The van der Waals surface area contributed by atoms with Gasteiger partial charge in [0.05, 0.1) is 23.7 Å². The number of pyridine rings is 1. The van der Waals surface area contributed by atoms with Gasteiger partial charge in [-0.15, -0.1) is 0 Å². The van der Waals surface area contributed by atoms with Gasteiger partial charge in [-0.25, -0.2) is 35.8 Å². The molecular formula is C21H18F4N4O5S. The lowest BCUT2D eigenvalue weighted by Crippen LogP contribution is -2.55. The number of nitriles is 1. The van der Waals surface area contributed by atoms with Crippen LogP contribution in [0.1, 0.15) is 40.5 Å². The Labute approximate surface area is 197 Å². The van der Waals surface area contributed by atoms with Crippen LogP contribution in [0.25, 0.3) is 0 Å². The molecule has 2 heterocycles. The average molecular weight is 514 g/mol. The van der Waals surface area contributed by atoms with Gasteiger partial charge in [0.1, 0.15) is 35.0 Å². The number of ether oxygens (including phenoxy) is 1. The molecule has 1 fully saturated rings. The fourth-order valence-electron chi connectivity index (χ4n) is 3.33. The summed E-state index contributed by atoms with van der Waals surface area (Å²) in [6.07, 6.45) is -3.16. The Morgan fingerprint density at radius 2 is 1.91 bits per heavy atom. The first-order chi connectivity index (χ1) is 16.5. The van der Waals surface area contributed by atoms with E-state index < -0.39 is 68.5 Å². The molecule has 35 heavy (non-hydrogen) atoms. The molecule has 2 aromatic rings. The minimum Gasteiger partial charge on any atom is -0.462 e. The van der Waals surface area contributed by atoms with Crippen LogP contribution in [-0.4, -0.2) is 45.0 Å². The molecule has 1 amide bonds. The molecule has 0 aliphatic carbocycles. The second-order valence-corrected chi connectivity index (χ2v) is 9.18. The van der Waals surface area contributed by atoms with Crippen molar-refractivity contribution < 1.29 is 40.3 Å². The van der Waals surface area contributed by atoms with Gasteiger partial charge in [-0.1, -0.05) is 6.07 Å². The lowest BCUT2D eigenvalue weighted by molar-refractivity contribution is -0.123. The third kappa shape index (κ3) is 5.68. The molecular weight excluding hydrogens is 496 g/mol. The van der Waals surface area contributed by atoms with Crippen LogP contribution >= 0.6 is 0 Å². The van der Waals surface area contributed by atoms with E-state index in [4.69, 9.17) is 4.74 Å². The van der Waals surface area contributed by atoms with Gasteiger partial charge >= 0.3 is 5.97 Å². The molecule has 1 aliphatic heterocycles. The number of nitrogens with one attached hydrogen (secondary N) is 1. The van der Waals surface area contributed by atoms with Gasteiger partial charge in [-0.3, -0.25) is 9.52 Å². The summed E-state index contributed by atoms with van der Waals surface area (Å²) in [5, 5.41) is 9.39. The van der Waals surface area contributed by atoms with Crippen LogP contribution in [0.4, 0.5) is 23.4 Å². The van der Waals surface area contributed by atoms with E-state index in [1.165, 1.54) is 11.8 Å². The van der Waals surface area contributed by atoms with Crippen molar-refractivity contribution in [2.45, 2.75) is 19.1 Å². The fraction of sp³-hybridized carbons (Fsp3) is 0.333. The van der Waals surface area contributed by atoms with Crippen LogP contribution in [0, 0.1) is 28.9 Å². The van der Waals surface area contributed by atoms with E-state index in [0.29, 0.717) is 0 Å². The maximum Gasteiger partial charge on any atom is 0.340 e. The number of anilines is 1. The zero-order chi connectivity index (χ0) is 25.9. The van der Waals surface area contributed by atoms with Crippen molar-refractivity contribution in [1.82, 2.24) is 9.71 Å². The molecule has 1 aromatic heterocycles. The molecule has 14 heteroatoms. The number of hydrogen-bond donors (Lipinski definition) is 1. The van der Waals surface area contributed by atoms with Crippen molar-refractivity contribution in [1.29, 1.82) is 5.26 Å². The summed E-state index contributed by atoms with van der Waals surface area (Å²) in [6, 6.07) is 5.47. The fourth-order valence-corrected chi connectivity index (χ4v) is 4.53. The zero-order valence-corrected chi connectivity index (χ0v) is 18.9. The Balaban J connectivity index is 1.73. The number of esters is 1. The Morgan fingerprint density at radius 1 is 1.29 bits per heavy atom. The van der Waals surface area contributed by atoms with Crippen molar-refractivity contribution in [3.8, 4) is 6.07 Å². The van der Waals surface area contributed by atoms with E-state index in [2.05, 4.69) is 4.98 Å². The second-order valence-electron chi connectivity index (χ2n) is 7.45. The van der Waals surface area contributed by atoms with Gasteiger partial charge in [0.2, 0.25) is 15.9 Å². The van der Waals surface area contributed by atoms with E-state index in [-0.39, 0.29) is 31.1 Å². The summed E-state index contributed by atoms with van der Waals surface area (Å²) in [4.78, 5) is 29.3. The van der Waals surface area contributed by atoms with Crippen molar-refractivity contribution in [3.63, 3.8) is 0 Å². The highest BCUT2D eigenvalue weighted by Gasteiger charge is 2.38. The van der Waals surface area contributed by atoms with E-state index >= 15 is 0 Å². The van der Waals surface area contributed by atoms with E-state index in [1.807, 2.05) is 0 Å². The van der Waals surface area contributed by atoms with E-state index in [0.717, 1.165) is 24.3 Å². The van der Waals surface area contributed by atoms with Crippen molar-refractivity contribution in [2.75, 3.05) is 24.6 Å². The Hall–Kier alpha value is -3.73. The monoisotopic (exact) mass is 514 g/mol. The number of hydrogen-bond acceptors (Lipinski definition) is 8. The molecule has 0 unspecified atom stereocenters. The summed E-state index contributed by atoms with van der Waals surface area (Å²) in [6.45, 7) is 1.03. The number of sulfonamides is 1. The van der Waals surface area contributed by atoms with E-state index in [1.54, 1.807) is 10.8 Å². The number of amides is 1. The number of carbonyl (C=O) groups excluding carboxylic acids is 2. The molecule has 0 radical (unpaired) electrons. The van der Waals surface area contributed by atoms with Crippen LogP contribution in [0.2, 0.25) is 0 Å². The van der Waals surface area contributed by atoms with Gasteiger partial charge < -0.3 is 9.64 Å². The van der Waals surface area contributed by atoms with Crippen molar-refractivity contribution in [2.24, 2.45) is 5.92 Å². The third-order valence-electron chi connectivity index (χ3n) is 5.06. The van der Waals surface area contributed by atoms with Gasteiger partial charge in [0.15, 0.2) is 0 Å². The lowest BCUT2D eigenvalue weighted by atomic mass is 9.98. The summed E-state index contributed by atoms with van der Waals surface area (Å²) in [7, 11) is -4.45.